The Morgan fingerprint density at radius 1 is 0.842 bits per heavy atom. The maximum Gasteiger partial charge on any atom is 0.171 e. The van der Waals surface area contributed by atoms with Gasteiger partial charge in [-0.1, -0.05) is 52.4 Å². The lowest BCUT2D eigenvalue weighted by molar-refractivity contribution is -0.697. The molecule has 0 aliphatic heterocycles. The van der Waals surface area contributed by atoms with Crippen molar-refractivity contribution in [2.24, 2.45) is 0 Å². The zero-order valence-electron chi connectivity index (χ0n) is 13.0. The third kappa shape index (κ3) is 8.02. The van der Waals surface area contributed by atoms with Crippen molar-refractivity contribution in [3.63, 3.8) is 0 Å². The second-order valence-electron chi connectivity index (χ2n) is 5.67. The van der Waals surface area contributed by atoms with Gasteiger partial charge in [-0.05, 0) is 25.3 Å². The normalized spacial score (nSPS) is 10.8. The zero-order chi connectivity index (χ0) is 13.8. The van der Waals surface area contributed by atoms with E-state index in [-0.39, 0.29) is 0 Å². The molecular formula is C18H32N+. The van der Waals surface area contributed by atoms with Gasteiger partial charge >= 0.3 is 0 Å². The minimum atomic E-state index is 1.18. The first-order valence-corrected chi connectivity index (χ1v) is 8.34. The fraction of sp³-hybridized carbons (Fsp3) is 0.722. The third-order valence-corrected chi connectivity index (χ3v) is 3.76. The molecule has 1 heteroatoms. The van der Waals surface area contributed by atoms with E-state index in [9.17, 15) is 0 Å². The van der Waals surface area contributed by atoms with Crippen LogP contribution in [0.15, 0.2) is 24.5 Å². The van der Waals surface area contributed by atoms with Gasteiger partial charge in [-0.15, -0.1) is 0 Å². The molecule has 19 heavy (non-hydrogen) atoms. The molecule has 0 saturated carbocycles. The van der Waals surface area contributed by atoms with Gasteiger partial charge in [0.1, 0.15) is 6.54 Å². The second-order valence-corrected chi connectivity index (χ2v) is 5.67. The first kappa shape index (κ1) is 16.2. The minimum Gasteiger partial charge on any atom is -0.205 e. The first-order valence-electron chi connectivity index (χ1n) is 8.34. The van der Waals surface area contributed by atoms with Crippen molar-refractivity contribution in [1.29, 1.82) is 0 Å². The van der Waals surface area contributed by atoms with Gasteiger partial charge in [-0.25, -0.2) is 4.57 Å². The molecule has 1 nitrogen and oxygen atoms in total. The average Bonchev–Trinajstić information content (AvgIpc) is 2.44. The van der Waals surface area contributed by atoms with Crippen LogP contribution < -0.4 is 4.57 Å². The Hall–Kier alpha value is -0.850. The Morgan fingerprint density at radius 2 is 1.53 bits per heavy atom. The molecule has 108 valence electrons. The number of rotatable bonds is 11. The summed E-state index contributed by atoms with van der Waals surface area (Å²) >= 11 is 0. The molecule has 0 aromatic carbocycles. The molecule has 0 unspecified atom stereocenters. The van der Waals surface area contributed by atoms with E-state index in [2.05, 4.69) is 42.9 Å². The van der Waals surface area contributed by atoms with Gasteiger partial charge < -0.3 is 0 Å². The predicted octanol–water partition coefficient (Wildman–Crippen LogP) is 5.07. The highest BCUT2D eigenvalue weighted by atomic mass is 14.9. The van der Waals surface area contributed by atoms with Crippen LogP contribution in [0.25, 0.3) is 0 Å². The number of hydrogen-bond acceptors (Lipinski definition) is 0. The summed E-state index contributed by atoms with van der Waals surface area (Å²) in [5.41, 5.74) is 1.51. The lowest BCUT2D eigenvalue weighted by atomic mass is 10.1. The number of nitrogens with zero attached hydrogens (tertiary/aromatic N) is 1. The van der Waals surface area contributed by atoms with Crippen LogP contribution in [-0.4, -0.2) is 0 Å². The van der Waals surface area contributed by atoms with Gasteiger partial charge in [-0.2, -0.15) is 0 Å². The average molecular weight is 262 g/mol. The summed E-state index contributed by atoms with van der Waals surface area (Å²) < 4.78 is 2.37. The highest BCUT2D eigenvalue weighted by Gasteiger charge is 2.02. The maximum absolute atomic E-state index is 2.37. The lowest BCUT2D eigenvalue weighted by Crippen LogP contribution is -2.33. The van der Waals surface area contributed by atoms with Gasteiger partial charge in [0, 0.05) is 18.1 Å². The smallest absolute Gasteiger partial charge is 0.171 e. The zero-order valence-corrected chi connectivity index (χ0v) is 13.0. The van der Waals surface area contributed by atoms with Gasteiger partial charge in [-0.3, -0.25) is 0 Å². The van der Waals surface area contributed by atoms with Crippen LogP contribution in [0.4, 0.5) is 0 Å². The summed E-state index contributed by atoms with van der Waals surface area (Å²) in [6.45, 7) is 5.73. The van der Waals surface area contributed by atoms with Crippen molar-refractivity contribution in [3.05, 3.63) is 30.1 Å². The summed E-state index contributed by atoms with van der Waals surface area (Å²) in [5, 5.41) is 0. The summed E-state index contributed by atoms with van der Waals surface area (Å²) in [6, 6.07) is 4.49. The number of aromatic nitrogens is 1. The highest BCUT2D eigenvalue weighted by Crippen LogP contribution is 2.07. The molecule has 0 amide bonds. The molecule has 1 aromatic rings. The number of unbranched alkanes of at least 4 members (excludes halogenated alkanes) is 7. The number of aryl methyl sites for hydroxylation is 2. The Bertz CT molecular complexity index is 319. The fourth-order valence-corrected chi connectivity index (χ4v) is 2.52. The monoisotopic (exact) mass is 262 g/mol. The van der Waals surface area contributed by atoms with Crippen molar-refractivity contribution >= 4 is 0 Å². The SMILES string of the molecule is CCCCCCCc1ccc[n+](CCCCCC)c1. The maximum atomic E-state index is 2.37. The van der Waals surface area contributed by atoms with Crippen LogP contribution in [0.5, 0.6) is 0 Å². The lowest BCUT2D eigenvalue weighted by Gasteiger charge is -2.02. The van der Waals surface area contributed by atoms with E-state index in [0.29, 0.717) is 0 Å². The molecule has 0 bridgehead atoms. The molecule has 1 heterocycles. The summed E-state index contributed by atoms with van der Waals surface area (Å²) in [6.07, 6.45) is 18.1. The molecule has 0 radical (unpaired) electrons. The van der Waals surface area contributed by atoms with E-state index >= 15 is 0 Å². The predicted molar refractivity (Wildman–Crippen MR) is 83.2 cm³/mol. The molecule has 1 rings (SSSR count). The van der Waals surface area contributed by atoms with Gasteiger partial charge in [0.25, 0.3) is 0 Å². The molecule has 0 saturated heterocycles. The van der Waals surface area contributed by atoms with E-state index in [1.54, 1.807) is 0 Å². The van der Waals surface area contributed by atoms with E-state index in [4.69, 9.17) is 0 Å². The fourth-order valence-electron chi connectivity index (χ4n) is 2.52. The van der Waals surface area contributed by atoms with Crippen molar-refractivity contribution < 1.29 is 4.57 Å². The van der Waals surface area contributed by atoms with Gasteiger partial charge in [0.15, 0.2) is 12.4 Å². The van der Waals surface area contributed by atoms with E-state index in [0.717, 1.165) is 0 Å². The van der Waals surface area contributed by atoms with Crippen molar-refractivity contribution in [3.8, 4) is 0 Å². The first-order chi connectivity index (χ1) is 9.36. The van der Waals surface area contributed by atoms with Crippen LogP contribution in [-0.2, 0) is 13.0 Å². The van der Waals surface area contributed by atoms with Gasteiger partial charge in [0.2, 0.25) is 0 Å². The molecule has 0 fully saturated rings. The van der Waals surface area contributed by atoms with E-state index < -0.39 is 0 Å². The highest BCUT2D eigenvalue weighted by molar-refractivity contribution is 5.05. The number of pyridine rings is 1. The van der Waals surface area contributed by atoms with E-state index in [1.165, 1.54) is 76.3 Å². The van der Waals surface area contributed by atoms with Crippen LogP contribution in [0.1, 0.15) is 77.2 Å². The van der Waals surface area contributed by atoms with E-state index in [1.807, 2.05) is 0 Å². The minimum absolute atomic E-state index is 1.18. The molecular weight excluding hydrogens is 230 g/mol. The topological polar surface area (TPSA) is 3.88 Å². The Kier molecular flexibility index (Phi) is 9.40. The van der Waals surface area contributed by atoms with Crippen molar-refractivity contribution in [2.75, 3.05) is 0 Å². The summed E-state index contributed by atoms with van der Waals surface area (Å²) in [7, 11) is 0. The standard InChI is InChI=1S/C18H32N/c1-3-5-7-9-10-13-18-14-12-16-19(17-18)15-11-8-6-4-2/h12,14,16-17H,3-11,13,15H2,1-2H3/q+1. The second kappa shape index (κ2) is 11.0. The largest absolute Gasteiger partial charge is 0.205 e. The Balaban J connectivity index is 2.23. The van der Waals surface area contributed by atoms with Crippen LogP contribution >= 0.6 is 0 Å². The molecule has 1 aromatic heterocycles. The Morgan fingerprint density at radius 3 is 2.26 bits per heavy atom. The quantitative estimate of drug-likeness (QED) is 0.387. The van der Waals surface area contributed by atoms with Crippen molar-refractivity contribution in [2.45, 2.75) is 84.6 Å². The van der Waals surface area contributed by atoms with Crippen LogP contribution in [0.3, 0.4) is 0 Å². The Labute approximate surface area is 120 Å². The third-order valence-electron chi connectivity index (χ3n) is 3.76. The molecule has 0 spiro atoms. The number of hydrogen-bond donors (Lipinski definition) is 0. The molecule has 0 aliphatic carbocycles. The van der Waals surface area contributed by atoms with Crippen molar-refractivity contribution in [1.82, 2.24) is 0 Å². The molecule has 0 atom stereocenters. The molecule has 0 aliphatic rings. The summed E-state index contributed by atoms with van der Waals surface area (Å²) in [4.78, 5) is 0. The molecule has 0 N–H and O–H groups in total. The van der Waals surface area contributed by atoms with Crippen LogP contribution in [0, 0.1) is 0 Å². The summed E-state index contributed by atoms with van der Waals surface area (Å²) in [5.74, 6) is 0. The van der Waals surface area contributed by atoms with Gasteiger partial charge in [0.05, 0.1) is 0 Å². The van der Waals surface area contributed by atoms with Crippen LogP contribution in [0.2, 0.25) is 0 Å².